The first kappa shape index (κ1) is 21.9. The topological polar surface area (TPSA) is 72.3 Å². The molecule has 0 aliphatic carbocycles. The Bertz CT molecular complexity index is 1130. The van der Waals surface area contributed by atoms with E-state index in [1.54, 1.807) is 24.5 Å². The molecular weight excluding hydrogens is 402 g/mol. The van der Waals surface area contributed by atoms with Crippen molar-refractivity contribution in [3.63, 3.8) is 0 Å². The van der Waals surface area contributed by atoms with Crippen LogP contribution in [0.4, 0.5) is 0 Å². The second-order valence-corrected chi connectivity index (χ2v) is 7.95. The number of aromatic nitrogens is 3. The Morgan fingerprint density at radius 3 is 2.72 bits per heavy atom. The fourth-order valence-corrected chi connectivity index (χ4v) is 4.27. The Balaban J connectivity index is 1.63. The highest BCUT2D eigenvalue weighted by molar-refractivity contribution is 6.08. The molecule has 1 unspecified atom stereocenters. The highest BCUT2D eigenvalue weighted by Crippen LogP contribution is 2.27. The molecule has 1 N–H and O–H groups in total. The average molecular weight is 432 g/mol. The summed E-state index contributed by atoms with van der Waals surface area (Å²) in [6, 6.07) is 7.86. The monoisotopic (exact) mass is 431 g/mol. The summed E-state index contributed by atoms with van der Waals surface area (Å²) in [5.74, 6) is 0.432. The number of ether oxygens (including phenoxy) is 1. The van der Waals surface area contributed by atoms with Crippen LogP contribution in [0.15, 0.2) is 67.2 Å². The van der Waals surface area contributed by atoms with Crippen LogP contribution in [0, 0.1) is 6.92 Å². The summed E-state index contributed by atoms with van der Waals surface area (Å²) in [6.07, 6.45) is 9.03. The number of nitrogens with one attached hydrogen (secondary N) is 1. The number of amides is 1. The molecule has 1 aromatic carbocycles. The summed E-state index contributed by atoms with van der Waals surface area (Å²) < 4.78 is 7.38. The van der Waals surface area contributed by atoms with Gasteiger partial charge in [-0.05, 0) is 31.5 Å². The van der Waals surface area contributed by atoms with Crippen LogP contribution < -0.4 is 5.32 Å². The molecule has 1 aliphatic heterocycles. The number of aryl methyl sites for hydroxylation is 1. The van der Waals surface area contributed by atoms with Crippen LogP contribution in [-0.2, 0) is 4.74 Å². The van der Waals surface area contributed by atoms with Crippen molar-refractivity contribution in [1.29, 1.82) is 0 Å². The molecular formula is C25H29N5O2. The third-order valence-corrected chi connectivity index (χ3v) is 5.90. The number of hydrogen-bond acceptors (Lipinski definition) is 5. The molecule has 32 heavy (non-hydrogen) atoms. The van der Waals surface area contributed by atoms with Gasteiger partial charge in [0.05, 0.1) is 24.3 Å². The number of morpholine rings is 1. The van der Waals surface area contributed by atoms with Crippen molar-refractivity contribution in [3.05, 3.63) is 78.3 Å². The minimum atomic E-state index is -0.108. The Morgan fingerprint density at radius 1 is 1.25 bits per heavy atom. The van der Waals surface area contributed by atoms with Gasteiger partial charge in [0.25, 0.3) is 5.91 Å². The Morgan fingerprint density at radius 2 is 2.00 bits per heavy atom. The van der Waals surface area contributed by atoms with Gasteiger partial charge in [-0.3, -0.25) is 14.3 Å². The zero-order valence-corrected chi connectivity index (χ0v) is 18.6. The largest absolute Gasteiger partial charge is 0.379 e. The molecule has 166 valence electrons. The molecule has 4 rings (SSSR count). The van der Waals surface area contributed by atoms with Crippen LogP contribution in [-0.4, -0.2) is 64.2 Å². The molecule has 0 saturated carbocycles. The molecule has 1 aliphatic rings. The fraction of sp³-hybridized carbons (Fsp3) is 0.320. The van der Waals surface area contributed by atoms with Crippen LogP contribution in [0.3, 0.4) is 0 Å². The minimum Gasteiger partial charge on any atom is -0.379 e. The van der Waals surface area contributed by atoms with Crippen LogP contribution >= 0.6 is 0 Å². The van der Waals surface area contributed by atoms with E-state index in [1.165, 1.54) is 5.57 Å². The molecule has 3 heterocycles. The lowest BCUT2D eigenvalue weighted by molar-refractivity contribution is 0.0237. The molecule has 0 bridgehead atoms. The average Bonchev–Trinajstić information content (AvgIpc) is 3.22. The van der Waals surface area contributed by atoms with E-state index in [-0.39, 0.29) is 11.9 Å². The van der Waals surface area contributed by atoms with E-state index >= 15 is 0 Å². The van der Waals surface area contributed by atoms with Gasteiger partial charge in [-0.25, -0.2) is 9.97 Å². The molecule has 7 heteroatoms. The van der Waals surface area contributed by atoms with E-state index in [0.29, 0.717) is 31.3 Å². The Hall–Kier alpha value is -3.29. The molecule has 1 amide bonds. The van der Waals surface area contributed by atoms with Gasteiger partial charge in [-0.15, -0.1) is 0 Å². The lowest BCUT2D eigenvalue weighted by atomic mass is 10.0. The lowest BCUT2D eigenvalue weighted by Gasteiger charge is -2.35. The number of benzene rings is 1. The predicted octanol–water partition coefficient (Wildman–Crippen LogP) is 3.29. The fourth-order valence-electron chi connectivity index (χ4n) is 4.27. The van der Waals surface area contributed by atoms with E-state index < -0.39 is 0 Å². The third kappa shape index (κ3) is 4.49. The molecule has 7 nitrogen and oxygen atoms in total. The lowest BCUT2D eigenvalue weighted by Crippen LogP contribution is -2.49. The summed E-state index contributed by atoms with van der Waals surface area (Å²) >= 11 is 0. The van der Waals surface area contributed by atoms with Crippen molar-refractivity contribution in [1.82, 2.24) is 24.8 Å². The molecule has 0 spiro atoms. The van der Waals surface area contributed by atoms with Crippen molar-refractivity contribution >= 4 is 16.8 Å². The second kappa shape index (κ2) is 9.89. The number of carbonyl (C=O) groups excluding carboxylic acids is 1. The van der Waals surface area contributed by atoms with Gasteiger partial charge >= 0.3 is 0 Å². The van der Waals surface area contributed by atoms with Crippen molar-refractivity contribution < 1.29 is 9.53 Å². The SMILES string of the molecule is C=CC=C(C)C(CNC(=O)c1cn(-c2ncccn2)c2cccc(C)c12)N1CCOCC1. The maximum absolute atomic E-state index is 13.4. The van der Waals surface area contributed by atoms with Crippen molar-refractivity contribution in [3.8, 4) is 5.95 Å². The number of fused-ring (bicyclic) bond motifs is 1. The number of hydrogen-bond donors (Lipinski definition) is 1. The van der Waals surface area contributed by atoms with Gasteiger partial charge in [-0.2, -0.15) is 0 Å². The van der Waals surface area contributed by atoms with Gasteiger partial charge in [0.1, 0.15) is 0 Å². The van der Waals surface area contributed by atoms with Crippen LogP contribution in [0.25, 0.3) is 16.9 Å². The van der Waals surface area contributed by atoms with E-state index in [1.807, 2.05) is 42.0 Å². The molecule has 0 radical (unpaired) electrons. The first-order chi connectivity index (χ1) is 15.6. The van der Waals surface area contributed by atoms with Crippen molar-refractivity contribution in [2.75, 3.05) is 32.8 Å². The first-order valence-electron chi connectivity index (χ1n) is 10.9. The predicted molar refractivity (Wildman–Crippen MR) is 126 cm³/mol. The highest BCUT2D eigenvalue weighted by atomic mass is 16.5. The number of allylic oxidation sites excluding steroid dienone is 2. The van der Waals surface area contributed by atoms with Crippen LogP contribution in [0.1, 0.15) is 22.8 Å². The zero-order chi connectivity index (χ0) is 22.5. The van der Waals surface area contributed by atoms with Gasteiger partial charge in [0, 0.05) is 49.7 Å². The second-order valence-electron chi connectivity index (χ2n) is 7.95. The quantitative estimate of drug-likeness (QED) is 0.581. The van der Waals surface area contributed by atoms with Crippen LogP contribution in [0.5, 0.6) is 0 Å². The van der Waals surface area contributed by atoms with Crippen LogP contribution in [0.2, 0.25) is 0 Å². The van der Waals surface area contributed by atoms with Gasteiger partial charge < -0.3 is 10.1 Å². The van der Waals surface area contributed by atoms with Crippen molar-refractivity contribution in [2.24, 2.45) is 0 Å². The van der Waals surface area contributed by atoms with Gasteiger partial charge in [-0.1, -0.05) is 36.4 Å². The van der Waals surface area contributed by atoms with E-state index in [4.69, 9.17) is 4.74 Å². The normalized spacial score (nSPS) is 16.1. The highest BCUT2D eigenvalue weighted by Gasteiger charge is 2.24. The summed E-state index contributed by atoms with van der Waals surface area (Å²) in [6.45, 7) is 11.5. The number of carbonyl (C=O) groups is 1. The Labute approximate surface area is 188 Å². The molecule has 1 fully saturated rings. The minimum absolute atomic E-state index is 0.0905. The summed E-state index contributed by atoms with van der Waals surface area (Å²) in [7, 11) is 0. The maximum Gasteiger partial charge on any atom is 0.253 e. The van der Waals surface area contributed by atoms with E-state index in [2.05, 4.69) is 33.7 Å². The first-order valence-corrected chi connectivity index (χ1v) is 10.9. The smallest absolute Gasteiger partial charge is 0.253 e. The zero-order valence-electron chi connectivity index (χ0n) is 18.6. The van der Waals surface area contributed by atoms with E-state index in [0.717, 1.165) is 29.6 Å². The summed E-state index contributed by atoms with van der Waals surface area (Å²) in [4.78, 5) is 24.5. The van der Waals surface area contributed by atoms with Gasteiger partial charge in [0.2, 0.25) is 5.95 Å². The van der Waals surface area contributed by atoms with E-state index in [9.17, 15) is 4.79 Å². The standard InChI is InChI=1S/C25H29N5O2/c1-4-7-18(2)22(29-12-14-32-15-13-29)16-28-24(31)20-17-30(25-26-10-6-11-27-25)21-9-5-8-19(3)23(20)21/h4-11,17,22H,1,12-16H2,2-3H3,(H,28,31). The Kier molecular flexibility index (Phi) is 6.78. The number of nitrogens with zero attached hydrogens (tertiary/aromatic N) is 4. The maximum atomic E-state index is 13.4. The molecule has 3 aromatic rings. The summed E-state index contributed by atoms with van der Waals surface area (Å²) in [5, 5.41) is 4.08. The van der Waals surface area contributed by atoms with Crippen molar-refractivity contribution in [2.45, 2.75) is 19.9 Å². The molecule has 1 saturated heterocycles. The summed E-state index contributed by atoms with van der Waals surface area (Å²) in [5.41, 5.74) is 3.73. The third-order valence-electron chi connectivity index (χ3n) is 5.90. The number of rotatable bonds is 7. The van der Waals surface area contributed by atoms with Gasteiger partial charge in [0.15, 0.2) is 0 Å². The molecule has 2 aromatic heterocycles. The molecule has 1 atom stereocenters.